The number of hydrogen-bond donors (Lipinski definition) is 2. The Hall–Kier alpha value is 1.93. The van der Waals surface area contributed by atoms with Crippen molar-refractivity contribution < 1.29 is 141 Å². The van der Waals surface area contributed by atoms with Gasteiger partial charge in [-0.2, -0.15) is 59.7 Å². The van der Waals surface area contributed by atoms with Crippen molar-refractivity contribution in [1.82, 2.24) is 0 Å². The summed E-state index contributed by atoms with van der Waals surface area (Å²) in [5, 5.41) is 0. The molecule has 2 atom stereocenters. The van der Waals surface area contributed by atoms with E-state index >= 15 is 0 Å². The standard InChI is InChI=1S/2C8H10O4P.2K/c1-7-3-2-4-8(5-7)6-12-13(9,10)11;1-7-4-2-3-5-8(7)6-12-13(9,10)11;;/h3-5H,6H2,1H3,(H2,9,10,11);2-4H,6H2,1H3,(H2,9,10,11);;/q2*-1;2*+1/p-2. The quantitative estimate of drug-likeness (QED) is 0.241. The maximum Gasteiger partial charge on any atom is 1.00 e. The van der Waals surface area contributed by atoms with Gasteiger partial charge in [0.25, 0.3) is 15.6 Å². The largest absolute Gasteiger partial charge is 1.00 e. The van der Waals surface area contributed by atoms with E-state index in [1.54, 1.807) is 30.3 Å². The first-order chi connectivity index (χ1) is 12.0. The molecule has 0 spiro atoms. The average Bonchev–Trinajstić information content (AvgIpc) is 2.51. The van der Waals surface area contributed by atoms with Crippen molar-refractivity contribution in [2.75, 3.05) is 0 Å². The molecule has 144 valence electrons. The first-order valence-corrected chi connectivity index (χ1v) is 10.2. The molecule has 0 aliphatic rings. The van der Waals surface area contributed by atoms with Crippen LogP contribution < -0.4 is 113 Å². The Labute approximate surface area is 249 Å². The SMILES string of the molecule is Cc1c[c-]cc(COP(=O)([O-])O)c1.Cc1ccc[c-]c1COP(=O)([O-])O.[K+].[K+]. The van der Waals surface area contributed by atoms with Gasteiger partial charge in [-0.3, -0.25) is 9.13 Å². The molecule has 0 saturated heterocycles. The maximum atomic E-state index is 10.3. The monoisotopic (exact) mass is 478 g/mol. The van der Waals surface area contributed by atoms with Crippen LogP contribution in [0.3, 0.4) is 0 Å². The third kappa shape index (κ3) is 16.6. The molecule has 2 unspecified atom stereocenters. The van der Waals surface area contributed by atoms with E-state index in [1.165, 1.54) is 0 Å². The first kappa shape index (κ1) is 32.1. The summed E-state index contributed by atoms with van der Waals surface area (Å²) < 4.78 is 28.9. The van der Waals surface area contributed by atoms with Crippen LogP contribution in [0.2, 0.25) is 0 Å². The minimum atomic E-state index is -4.62. The zero-order chi connectivity index (χ0) is 19.8. The van der Waals surface area contributed by atoms with Crippen molar-refractivity contribution in [3.8, 4) is 0 Å². The summed E-state index contributed by atoms with van der Waals surface area (Å²) in [7, 11) is -9.23. The summed E-state index contributed by atoms with van der Waals surface area (Å²) >= 11 is 0. The first-order valence-electron chi connectivity index (χ1n) is 7.26. The molecule has 0 bridgehead atoms. The van der Waals surface area contributed by atoms with Gasteiger partial charge in [0.05, 0.1) is 6.61 Å². The summed E-state index contributed by atoms with van der Waals surface area (Å²) in [6.45, 7) is 3.33. The maximum absolute atomic E-state index is 10.3. The molecular formula is C16H18K2O8P2-2. The fourth-order valence-electron chi connectivity index (χ4n) is 1.75. The van der Waals surface area contributed by atoms with Crippen LogP contribution in [-0.2, 0) is 31.4 Å². The Morgan fingerprint density at radius 1 is 1.04 bits per heavy atom. The van der Waals surface area contributed by atoms with Gasteiger partial charge in [-0.25, -0.2) is 0 Å². The molecule has 0 saturated carbocycles. The molecule has 0 fully saturated rings. The van der Waals surface area contributed by atoms with E-state index in [0.29, 0.717) is 11.1 Å². The fourth-order valence-corrected chi connectivity index (χ4v) is 2.36. The molecule has 12 heteroatoms. The number of phosphoric ester groups is 2. The molecule has 8 nitrogen and oxygen atoms in total. The molecule has 28 heavy (non-hydrogen) atoms. The Bertz CT molecular complexity index is 807. The molecule has 2 aromatic carbocycles. The van der Waals surface area contributed by atoms with Gasteiger partial charge in [0, 0.05) is 6.61 Å². The van der Waals surface area contributed by atoms with Crippen LogP contribution in [-0.4, -0.2) is 9.79 Å². The van der Waals surface area contributed by atoms with Crippen LogP contribution >= 0.6 is 15.6 Å². The molecule has 0 aromatic heterocycles. The molecule has 0 amide bonds. The Morgan fingerprint density at radius 2 is 1.61 bits per heavy atom. The van der Waals surface area contributed by atoms with Crippen molar-refractivity contribution in [2.24, 2.45) is 0 Å². The van der Waals surface area contributed by atoms with Crippen molar-refractivity contribution in [3.05, 3.63) is 70.8 Å². The Morgan fingerprint density at radius 3 is 2.11 bits per heavy atom. The average molecular weight is 478 g/mol. The van der Waals surface area contributed by atoms with Crippen molar-refractivity contribution in [1.29, 1.82) is 0 Å². The predicted molar refractivity (Wildman–Crippen MR) is 89.3 cm³/mol. The summed E-state index contributed by atoms with van der Waals surface area (Å²) in [6, 6.07) is 16.0. The van der Waals surface area contributed by atoms with Gasteiger partial charge in [0.2, 0.25) is 0 Å². The third-order valence-corrected chi connectivity index (χ3v) is 3.85. The van der Waals surface area contributed by atoms with Gasteiger partial charge >= 0.3 is 103 Å². The van der Waals surface area contributed by atoms with Gasteiger partial charge in [-0.1, -0.05) is 13.8 Å². The van der Waals surface area contributed by atoms with E-state index in [2.05, 4.69) is 21.2 Å². The fraction of sp³-hybridized carbons (Fsp3) is 0.250. The van der Waals surface area contributed by atoms with Crippen LogP contribution in [0.1, 0.15) is 22.3 Å². The van der Waals surface area contributed by atoms with Crippen molar-refractivity contribution in [2.45, 2.75) is 27.1 Å². The number of phosphoric acid groups is 2. The van der Waals surface area contributed by atoms with Gasteiger partial charge in [-0.15, -0.1) is 11.1 Å². The predicted octanol–water partition coefficient (Wildman–Crippen LogP) is -4.45. The second kappa shape index (κ2) is 15.7. The molecule has 0 aliphatic carbocycles. The van der Waals surface area contributed by atoms with Crippen LogP contribution in [0.25, 0.3) is 0 Å². The summed E-state index contributed by atoms with van der Waals surface area (Å²) in [6.07, 6.45) is 0. The van der Waals surface area contributed by atoms with Gasteiger partial charge < -0.3 is 28.6 Å². The molecular weight excluding hydrogens is 460 g/mol. The number of hydrogen-bond acceptors (Lipinski definition) is 6. The van der Waals surface area contributed by atoms with E-state index in [9.17, 15) is 18.9 Å². The molecule has 2 rings (SSSR count). The van der Waals surface area contributed by atoms with Crippen LogP contribution in [0, 0.1) is 26.0 Å². The van der Waals surface area contributed by atoms with Crippen LogP contribution in [0.15, 0.2) is 36.4 Å². The van der Waals surface area contributed by atoms with Gasteiger partial charge in [0.1, 0.15) is 0 Å². The molecule has 0 radical (unpaired) electrons. The number of rotatable bonds is 6. The molecule has 2 aromatic rings. The molecule has 2 N–H and O–H groups in total. The van der Waals surface area contributed by atoms with E-state index in [0.717, 1.165) is 11.1 Å². The number of aryl methyl sites for hydroxylation is 2. The van der Waals surface area contributed by atoms with Crippen molar-refractivity contribution >= 4 is 15.6 Å². The van der Waals surface area contributed by atoms with E-state index < -0.39 is 15.6 Å². The van der Waals surface area contributed by atoms with Crippen molar-refractivity contribution in [3.63, 3.8) is 0 Å². The Kier molecular flexibility index (Phi) is 18.0. The third-order valence-electron chi connectivity index (χ3n) is 2.94. The Balaban J connectivity index is 0. The van der Waals surface area contributed by atoms with E-state index in [1.807, 2.05) is 19.9 Å². The zero-order valence-corrected chi connectivity index (χ0v) is 24.2. The van der Waals surface area contributed by atoms with E-state index in [-0.39, 0.29) is 116 Å². The normalized spacial score (nSPS) is 14.2. The van der Waals surface area contributed by atoms with Gasteiger partial charge in [-0.05, 0) is 0 Å². The smallest absolute Gasteiger partial charge is 0.756 e. The molecule has 0 heterocycles. The second-order valence-corrected chi connectivity index (χ2v) is 7.62. The van der Waals surface area contributed by atoms with Crippen LogP contribution in [0.5, 0.6) is 0 Å². The van der Waals surface area contributed by atoms with Gasteiger partial charge in [0.15, 0.2) is 0 Å². The minimum Gasteiger partial charge on any atom is -0.756 e. The van der Waals surface area contributed by atoms with Crippen LogP contribution in [0.4, 0.5) is 0 Å². The molecule has 0 aliphatic heterocycles. The second-order valence-electron chi connectivity index (χ2n) is 5.23. The van der Waals surface area contributed by atoms with E-state index in [4.69, 9.17) is 9.79 Å². The summed E-state index contributed by atoms with van der Waals surface area (Å²) in [5.41, 5.74) is 3.11. The topological polar surface area (TPSA) is 139 Å². The zero-order valence-electron chi connectivity index (χ0n) is 16.1. The summed E-state index contributed by atoms with van der Waals surface area (Å²) in [4.78, 5) is 37.2. The minimum absolute atomic E-state index is 0. The summed E-state index contributed by atoms with van der Waals surface area (Å²) in [5.74, 6) is 0. The number of benzene rings is 2.